The summed E-state index contributed by atoms with van der Waals surface area (Å²) in [5, 5.41) is 14.1. The van der Waals surface area contributed by atoms with Crippen LogP contribution in [0.3, 0.4) is 0 Å². The first-order valence-electron chi connectivity index (χ1n) is 8.96. The van der Waals surface area contributed by atoms with E-state index in [1.54, 1.807) is 25.8 Å². The summed E-state index contributed by atoms with van der Waals surface area (Å²) < 4.78 is 17.6. The van der Waals surface area contributed by atoms with Crippen molar-refractivity contribution in [3.63, 3.8) is 0 Å². The summed E-state index contributed by atoms with van der Waals surface area (Å²) in [6, 6.07) is 13.1. The Labute approximate surface area is 171 Å². The van der Waals surface area contributed by atoms with Gasteiger partial charge in [0.25, 0.3) is 0 Å². The molecule has 8 nitrogen and oxygen atoms in total. The zero-order valence-electron chi connectivity index (χ0n) is 16.3. The Hall–Kier alpha value is -3.17. The molecule has 2 heterocycles. The van der Waals surface area contributed by atoms with E-state index in [-0.39, 0.29) is 6.04 Å². The number of nitrogens with two attached hydrogens (primary N) is 1. The first kappa shape index (κ1) is 19.2. The van der Waals surface area contributed by atoms with Gasteiger partial charge in [-0.3, -0.25) is 0 Å². The number of nitrogens with zero attached hydrogens (tertiary/aromatic N) is 4. The Kier molecular flexibility index (Phi) is 5.32. The molecule has 2 aromatic carbocycles. The molecule has 0 spiro atoms. The number of hydrogen-bond acceptors (Lipinski definition) is 8. The highest BCUT2D eigenvalue weighted by atomic mass is 32.1. The van der Waals surface area contributed by atoms with Gasteiger partial charge in [0.1, 0.15) is 10.8 Å². The molecule has 29 heavy (non-hydrogen) atoms. The monoisotopic (exact) mass is 411 g/mol. The molecule has 0 fully saturated rings. The molecule has 0 aliphatic rings. The molecule has 2 N–H and O–H groups in total. The lowest BCUT2D eigenvalue weighted by atomic mass is 10.0. The Morgan fingerprint density at radius 2 is 1.72 bits per heavy atom. The van der Waals surface area contributed by atoms with Crippen molar-refractivity contribution < 1.29 is 14.2 Å². The summed E-state index contributed by atoms with van der Waals surface area (Å²) in [5.41, 5.74) is 8.29. The number of hydrogen-bond donors (Lipinski definition) is 1. The predicted octanol–water partition coefficient (Wildman–Crippen LogP) is 3.12. The Morgan fingerprint density at radius 1 is 0.966 bits per heavy atom. The molecule has 0 aliphatic carbocycles. The second-order valence-corrected chi connectivity index (χ2v) is 7.41. The third-order valence-corrected chi connectivity index (χ3v) is 5.53. The van der Waals surface area contributed by atoms with Gasteiger partial charge in [-0.25, -0.2) is 0 Å². The summed E-state index contributed by atoms with van der Waals surface area (Å²) in [7, 11) is 4.85. The molecule has 1 atom stereocenters. The van der Waals surface area contributed by atoms with Crippen LogP contribution in [0, 0.1) is 0 Å². The normalized spacial score (nSPS) is 12.1. The lowest BCUT2D eigenvalue weighted by molar-refractivity contribution is 0.354. The first-order valence-corrected chi connectivity index (χ1v) is 9.77. The molecule has 9 heteroatoms. The fourth-order valence-electron chi connectivity index (χ4n) is 3.05. The Bertz CT molecular complexity index is 1120. The van der Waals surface area contributed by atoms with E-state index < -0.39 is 0 Å². The smallest absolute Gasteiger partial charge is 0.234 e. The van der Waals surface area contributed by atoms with Crippen molar-refractivity contribution in [1.82, 2.24) is 19.8 Å². The standard InChI is InChI=1S/C20H21N5O3S/c1-26-14-7-4-12(5-8-14)19-22-23-20-25(19)24-18(29-20)11-15(21)13-6-9-16(27-2)17(10-13)28-3/h4-10,15H,11,21H2,1-3H3. The van der Waals surface area contributed by atoms with E-state index in [0.29, 0.717) is 23.7 Å². The molecule has 2 aromatic heterocycles. The number of fused-ring (bicyclic) bond motifs is 1. The van der Waals surface area contributed by atoms with Gasteiger partial charge in [0.2, 0.25) is 4.96 Å². The summed E-state index contributed by atoms with van der Waals surface area (Å²) in [4.78, 5) is 0.727. The number of aromatic nitrogens is 4. The van der Waals surface area contributed by atoms with Crippen molar-refractivity contribution in [1.29, 1.82) is 0 Å². The molecule has 150 valence electrons. The van der Waals surface area contributed by atoms with Crippen molar-refractivity contribution in [2.75, 3.05) is 21.3 Å². The molecule has 1 unspecified atom stereocenters. The van der Waals surface area contributed by atoms with Crippen LogP contribution in [0.1, 0.15) is 16.6 Å². The largest absolute Gasteiger partial charge is 0.497 e. The van der Waals surface area contributed by atoms with E-state index in [0.717, 1.165) is 26.8 Å². The maximum atomic E-state index is 6.42. The van der Waals surface area contributed by atoms with Gasteiger partial charge in [-0.1, -0.05) is 17.4 Å². The quantitative estimate of drug-likeness (QED) is 0.499. The van der Waals surface area contributed by atoms with Gasteiger partial charge in [-0.15, -0.1) is 10.2 Å². The zero-order chi connectivity index (χ0) is 20.4. The minimum atomic E-state index is -0.233. The average Bonchev–Trinajstić information content (AvgIpc) is 3.33. The van der Waals surface area contributed by atoms with Crippen molar-refractivity contribution in [2.45, 2.75) is 12.5 Å². The van der Waals surface area contributed by atoms with Crippen LogP contribution in [0.5, 0.6) is 17.2 Å². The number of rotatable bonds is 7. The summed E-state index contributed by atoms with van der Waals surface area (Å²) >= 11 is 1.48. The third kappa shape index (κ3) is 3.74. The Morgan fingerprint density at radius 3 is 2.41 bits per heavy atom. The van der Waals surface area contributed by atoms with E-state index in [4.69, 9.17) is 19.9 Å². The van der Waals surface area contributed by atoms with Crippen LogP contribution in [-0.2, 0) is 6.42 Å². The van der Waals surface area contributed by atoms with Crippen LogP contribution in [0.4, 0.5) is 0 Å². The Balaban J connectivity index is 1.58. The lowest BCUT2D eigenvalue weighted by Crippen LogP contribution is -2.13. The van der Waals surface area contributed by atoms with Crippen LogP contribution >= 0.6 is 11.3 Å². The molecule has 4 aromatic rings. The lowest BCUT2D eigenvalue weighted by Gasteiger charge is -2.13. The van der Waals surface area contributed by atoms with Crippen LogP contribution < -0.4 is 19.9 Å². The fraction of sp³-hybridized carbons (Fsp3) is 0.250. The van der Waals surface area contributed by atoms with Gasteiger partial charge < -0.3 is 19.9 Å². The van der Waals surface area contributed by atoms with E-state index >= 15 is 0 Å². The molecule has 4 rings (SSSR count). The maximum absolute atomic E-state index is 6.42. The molecular weight excluding hydrogens is 390 g/mol. The molecule has 0 saturated heterocycles. The van der Waals surface area contributed by atoms with E-state index in [9.17, 15) is 0 Å². The van der Waals surface area contributed by atoms with Crippen molar-refractivity contribution in [3.05, 3.63) is 53.0 Å². The molecule has 0 bridgehead atoms. The molecule has 0 saturated carbocycles. The van der Waals surface area contributed by atoms with Gasteiger partial charge >= 0.3 is 0 Å². The highest BCUT2D eigenvalue weighted by Crippen LogP contribution is 2.31. The van der Waals surface area contributed by atoms with Gasteiger partial charge in [0.05, 0.1) is 21.3 Å². The van der Waals surface area contributed by atoms with Gasteiger partial charge in [-0.05, 0) is 42.0 Å². The van der Waals surface area contributed by atoms with Crippen molar-refractivity contribution in [2.24, 2.45) is 5.73 Å². The van der Waals surface area contributed by atoms with Crippen molar-refractivity contribution in [3.8, 4) is 28.6 Å². The molecular formula is C20H21N5O3S. The average molecular weight is 411 g/mol. The number of ether oxygens (including phenoxy) is 3. The van der Waals surface area contributed by atoms with Gasteiger partial charge in [-0.2, -0.15) is 9.61 Å². The topological polar surface area (TPSA) is 96.8 Å². The van der Waals surface area contributed by atoms with Crippen LogP contribution in [0.2, 0.25) is 0 Å². The van der Waals surface area contributed by atoms with E-state index in [1.165, 1.54) is 11.3 Å². The predicted molar refractivity (Wildman–Crippen MR) is 111 cm³/mol. The fourth-order valence-corrected chi connectivity index (χ4v) is 3.94. The van der Waals surface area contributed by atoms with Gasteiger partial charge in [0, 0.05) is 18.0 Å². The third-order valence-electron chi connectivity index (χ3n) is 4.61. The van der Waals surface area contributed by atoms with E-state index in [2.05, 4.69) is 15.3 Å². The molecule has 0 radical (unpaired) electrons. The summed E-state index contributed by atoms with van der Waals surface area (Å²) in [5.74, 6) is 2.80. The highest BCUT2D eigenvalue weighted by molar-refractivity contribution is 7.16. The second-order valence-electron chi connectivity index (χ2n) is 6.37. The van der Waals surface area contributed by atoms with Crippen molar-refractivity contribution >= 4 is 16.3 Å². The van der Waals surface area contributed by atoms with Crippen LogP contribution in [-0.4, -0.2) is 41.1 Å². The van der Waals surface area contributed by atoms with E-state index in [1.807, 2.05) is 42.5 Å². The van der Waals surface area contributed by atoms with Crippen LogP contribution in [0.15, 0.2) is 42.5 Å². The van der Waals surface area contributed by atoms with Gasteiger partial charge in [0.15, 0.2) is 17.3 Å². The second kappa shape index (κ2) is 8.06. The SMILES string of the molecule is COc1ccc(-c2nnc3sc(CC(N)c4ccc(OC)c(OC)c4)nn23)cc1. The number of benzene rings is 2. The zero-order valence-corrected chi connectivity index (χ0v) is 17.1. The highest BCUT2D eigenvalue weighted by Gasteiger charge is 2.17. The maximum Gasteiger partial charge on any atom is 0.234 e. The molecule has 0 amide bonds. The number of methoxy groups -OCH3 is 3. The van der Waals surface area contributed by atoms with Crippen LogP contribution in [0.25, 0.3) is 16.3 Å². The minimum Gasteiger partial charge on any atom is -0.497 e. The summed E-state index contributed by atoms with van der Waals surface area (Å²) in [6.45, 7) is 0. The first-order chi connectivity index (χ1) is 14.1. The summed E-state index contributed by atoms with van der Waals surface area (Å²) in [6.07, 6.45) is 0.575. The minimum absolute atomic E-state index is 0.233. The molecule has 0 aliphatic heterocycles.